The van der Waals surface area contributed by atoms with Crippen molar-refractivity contribution >= 4 is 23.6 Å². The van der Waals surface area contributed by atoms with E-state index in [0.29, 0.717) is 49.4 Å². The molecule has 2 rings (SSSR count). The third-order valence-electron chi connectivity index (χ3n) is 5.05. The summed E-state index contributed by atoms with van der Waals surface area (Å²) in [6, 6.07) is 0. The maximum Gasteiger partial charge on any atom is 0.355 e. The molecule has 8 nitrogen and oxygen atoms in total. The normalized spacial score (nSPS) is 15.8. The highest BCUT2D eigenvalue weighted by molar-refractivity contribution is 6.01. The third-order valence-corrected chi connectivity index (χ3v) is 5.05. The van der Waals surface area contributed by atoms with E-state index in [2.05, 4.69) is 4.98 Å². The van der Waals surface area contributed by atoms with E-state index in [-0.39, 0.29) is 29.3 Å². The first-order chi connectivity index (χ1) is 13.2. The fourth-order valence-electron chi connectivity index (χ4n) is 3.60. The van der Waals surface area contributed by atoms with E-state index in [1.54, 1.807) is 25.7 Å². The van der Waals surface area contributed by atoms with Crippen LogP contribution in [0.25, 0.3) is 0 Å². The molecule has 0 bridgehead atoms. The van der Waals surface area contributed by atoms with Gasteiger partial charge in [0.05, 0.1) is 12.5 Å². The molecule has 0 saturated carbocycles. The zero-order chi connectivity index (χ0) is 21.0. The summed E-state index contributed by atoms with van der Waals surface area (Å²) in [5.41, 5.74) is 1.76. The molecule has 1 aromatic rings. The molecule has 28 heavy (non-hydrogen) atoms. The van der Waals surface area contributed by atoms with E-state index < -0.39 is 12.1 Å². The number of nitrogens with zero attached hydrogens (tertiary/aromatic N) is 1. The van der Waals surface area contributed by atoms with Crippen molar-refractivity contribution in [1.82, 2.24) is 9.88 Å². The van der Waals surface area contributed by atoms with E-state index in [1.807, 2.05) is 0 Å². The van der Waals surface area contributed by atoms with Crippen LogP contribution in [0.2, 0.25) is 0 Å². The molecule has 1 saturated heterocycles. The number of ketones is 1. The van der Waals surface area contributed by atoms with Gasteiger partial charge in [0.25, 0.3) is 5.91 Å². The lowest BCUT2D eigenvalue weighted by Crippen LogP contribution is -2.45. The number of amides is 1. The van der Waals surface area contributed by atoms with Gasteiger partial charge >= 0.3 is 11.9 Å². The number of hydrogen-bond acceptors (Lipinski definition) is 6. The maximum absolute atomic E-state index is 12.6. The predicted molar refractivity (Wildman–Crippen MR) is 101 cm³/mol. The van der Waals surface area contributed by atoms with E-state index in [0.717, 1.165) is 0 Å². The van der Waals surface area contributed by atoms with Crippen LogP contribution < -0.4 is 0 Å². The molecule has 0 radical (unpaired) electrons. The Kier molecular flexibility index (Phi) is 6.99. The number of esters is 2. The summed E-state index contributed by atoms with van der Waals surface area (Å²) in [4.78, 5) is 53.1. The van der Waals surface area contributed by atoms with Crippen LogP contribution in [0.15, 0.2) is 0 Å². The van der Waals surface area contributed by atoms with Crippen LogP contribution in [-0.4, -0.2) is 59.3 Å². The molecule has 0 aliphatic carbocycles. The molecule has 1 N–H and O–H groups in total. The van der Waals surface area contributed by atoms with Crippen LogP contribution >= 0.6 is 0 Å². The molecule has 0 aromatic carbocycles. The monoisotopic (exact) mass is 392 g/mol. The third kappa shape index (κ3) is 4.61. The van der Waals surface area contributed by atoms with Gasteiger partial charge < -0.3 is 19.4 Å². The second kappa shape index (κ2) is 9.03. The minimum atomic E-state index is -0.963. The Balaban J connectivity index is 1.96. The molecule has 1 aliphatic rings. The van der Waals surface area contributed by atoms with Crippen molar-refractivity contribution in [2.75, 3.05) is 19.7 Å². The lowest BCUT2D eigenvalue weighted by atomic mass is 9.97. The van der Waals surface area contributed by atoms with Crippen LogP contribution in [0.1, 0.15) is 65.7 Å². The first kappa shape index (κ1) is 21.7. The predicted octanol–water partition coefficient (Wildman–Crippen LogP) is 2.18. The number of carbonyl (C=O) groups is 4. The number of ether oxygens (including phenoxy) is 2. The molecule has 2 heterocycles. The standard InChI is InChI=1S/C20H28N2O6/c1-6-27-19(25)15-7-9-22(10-8-15)18(24)14(5)28-20(26)17-11(2)16(13(4)23)12(3)21-17/h14-15,21H,6-10H2,1-5H3/t14-/m0/s1. The van der Waals surface area contributed by atoms with E-state index in [4.69, 9.17) is 9.47 Å². The fourth-order valence-corrected chi connectivity index (χ4v) is 3.60. The van der Waals surface area contributed by atoms with Crippen molar-refractivity contribution < 1.29 is 28.7 Å². The van der Waals surface area contributed by atoms with Crippen molar-refractivity contribution in [1.29, 1.82) is 0 Å². The van der Waals surface area contributed by atoms with Crippen molar-refractivity contribution in [3.05, 3.63) is 22.5 Å². The van der Waals surface area contributed by atoms with E-state index in [1.165, 1.54) is 13.8 Å². The molecule has 0 unspecified atom stereocenters. The number of nitrogens with one attached hydrogen (secondary N) is 1. The fraction of sp³-hybridized carbons (Fsp3) is 0.600. The van der Waals surface area contributed by atoms with Gasteiger partial charge in [0.1, 0.15) is 5.69 Å². The van der Waals surface area contributed by atoms with Crippen LogP contribution in [0.5, 0.6) is 0 Å². The molecule has 0 spiro atoms. The zero-order valence-corrected chi connectivity index (χ0v) is 17.1. The zero-order valence-electron chi connectivity index (χ0n) is 17.1. The van der Waals surface area contributed by atoms with Gasteiger partial charge in [-0.2, -0.15) is 0 Å². The molecule has 1 fully saturated rings. The SMILES string of the molecule is CCOC(=O)C1CCN(C(=O)[C@H](C)OC(=O)c2[nH]c(C)c(C(C)=O)c2C)CC1. The summed E-state index contributed by atoms with van der Waals surface area (Å²) in [5, 5.41) is 0. The van der Waals surface area contributed by atoms with Gasteiger partial charge in [-0.05, 0) is 53.0 Å². The Hall–Kier alpha value is -2.64. The second-order valence-electron chi connectivity index (χ2n) is 7.08. The lowest BCUT2D eigenvalue weighted by Gasteiger charge is -2.32. The summed E-state index contributed by atoms with van der Waals surface area (Å²) in [5.74, 6) is -1.54. The number of hydrogen-bond donors (Lipinski definition) is 1. The molecule has 1 aliphatic heterocycles. The number of Topliss-reactive ketones (excluding diaryl/α,β-unsaturated/α-hetero) is 1. The highest BCUT2D eigenvalue weighted by Crippen LogP contribution is 2.22. The molecule has 1 atom stereocenters. The largest absolute Gasteiger partial charge is 0.466 e. The molecule has 8 heteroatoms. The number of aromatic amines is 1. The second-order valence-corrected chi connectivity index (χ2v) is 7.08. The van der Waals surface area contributed by atoms with Gasteiger partial charge in [-0.1, -0.05) is 0 Å². The van der Waals surface area contributed by atoms with Crippen molar-refractivity contribution in [3.8, 4) is 0 Å². The highest BCUT2D eigenvalue weighted by Gasteiger charge is 2.32. The summed E-state index contributed by atoms with van der Waals surface area (Å²) < 4.78 is 10.4. The van der Waals surface area contributed by atoms with Crippen molar-refractivity contribution in [2.45, 2.75) is 53.6 Å². The topological polar surface area (TPSA) is 106 Å². The minimum Gasteiger partial charge on any atom is -0.466 e. The van der Waals surface area contributed by atoms with Crippen LogP contribution in [-0.2, 0) is 19.1 Å². The first-order valence-electron chi connectivity index (χ1n) is 9.53. The van der Waals surface area contributed by atoms with Gasteiger partial charge in [0.15, 0.2) is 11.9 Å². The van der Waals surface area contributed by atoms with Crippen LogP contribution in [0.4, 0.5) is 0 Å². The Morgan fingerprint density at radius 2 is 1.79 bits per heavy atom. The van der Waals surface area contributed by atoms with Crippen molar-refractivity contribution in [2.24, 2.45) is 5.92 Å². The smallest absolute Gasteiger partial charge is 0.355 e. The Morgan fingerprint density at radius 3 is 2.29 bits per heavy atom. The highest BCUT2D eigenvalue weighted by atomic mass is 16.5. The number of carbonyl (C=O) groups excluding carboxylic acids is 4. The first-order valence-corrected chi connectivity index (χ1v) is 9.53. The Bertz CT molecular complexity index is 774. The molecule has 1 aromatic heterocycles. The van der Waals surface area contributed by atoms with Crippen LogP contribution in [0.3, 0.4) is 0 Å². The van der Waals surface area contributed by atoms with Gasteiger partial charge in [-0.25, -0.2) is 4.79 Å². The van der Waals surface area contributed by atoms with Gasteiger partial charge in [0, 0.05) is 24.3 Å². The Labute approximate surface area is 164 Å². The van der Waals surface area contributed by atoms with Crippen molar-refractivity contribution in [3.63, 3.8) is 0 Å². The average molecular weight is 392 g/mol. The van der Waals surface area contributed by atoms with Gasteiger partial charge in [0.2, 0.25) is 0 Å². The molecule has 154 valence electrons. The number of aryl methyl sites for hydroxylation is 1. The summed E-state index contributed by atoms with van der Waals surface area (Å²) in [6.45, 7) is 9.28. The van der Waals surface area contributed by atoms with E-state index >= 15 is 0 Å². The number of likely N-dealkylation sites (tertiary alicyclic amines) is 1. The summed E-state index contributed by atoms with van der Waals surface area (Å²) in [7, 11) is 0. The van der Waals surface area contributed by atoms with Gasteiger partial charge in [-0.15, -0.1) is 0 Å². The molecular weight excluding hydrogens is 364 g/mol. The number of H-pyrrole nitrogens is 1. The number of rotatable bonds is 6. The summed E-state index contributed by atoms with van der Waals surface area (Å²) >= 11 is 0. The summed E-state index contributed by atoms with van der Waals surface area (Å²) in [6.07, 6.45) is 0.0972. The number of aromatic nitrogens is 1. The molecule has 1 amide bonds. The Morgan fingerprint density at radius 1 is 1.18 bits per heavy atom. The van der Waals surface area contributed by atoms with Gasteiger partial charge in [-0.3, -0.25) is 14.4 Å². The maximum atomic E-state index is 12.6. The van der Waals surface area contributed by atoms with Crippen LogP contribution in [0, 0.1) is 19.8 Å². The lowest BCUT2D eigenvalue weighted by molar-refractivity contribution is -0.152. The average Bonchev–Trinajstić information content (AvgIpc) is 2.95. The number of piperidine rings is 1. The minimum absolute atomic E-state index is 0.140. The molecular formula is C20H28N2O6. The quantitative estimate of drug-likeness (QED) is 0.588. The van der Waals surface area contributed by atoms with E-state index in [9.17, 15) is 19.2 Å².